The summed E-state index contributed by atoms with van der Waals surface area (Å²) in [5, 5.41) is 10.9. The molecule has 1 atom stereocenters. The van der Waals surface area contributed by atoms with E-state index in [1.54, 1.807) is 12.4 Å². The Morgan fingerprint density at radius 1 is 1.17 bits per heavy atom. The summed E-state index contributed by atoms with van der Waals surface area (Å²) in [5.74, 6) is 0.943. The Hall–Kier alpha value is -2.12. The summed E-state index contributed by atoms with van der Waals surface area (Å²) < 4.78 is 1.98. The van der Waals surface area contributed by atoms with Crippen LogP contribution in [0.4, 0.5) is 5.82 Å². The fourth-order valence-electron chi connectivity index (χ4n) is 2.54. The first-order valence-corrected chi connectivity index (χ1v) is 8.75. The lowest BCUT2D eigenvalue weighted by atomic mass is 10.1. The zero-order chi connectivity index (χ0) is 17.3. The molecule has 0 saturated heterocycles. The Labute approximate surface area is 145 Å². The molecule has 0 fully saturated rings. The monoisotopic (exact) mass is 343 g/mol. The maximum Gasteiger partial charge on any atom is 0.189 e. The average molecular weight is 343 g/mol. The number of nitrogens with two attached hydrogens (primary N) is 1. The number of thioether (sulfide) groups is 1. The summed E-state index contributed by atoms with van der Waals surface area (Å²) in [6, 6.07) is 5.91. The van der Waals surface area contributed by atoms with Crippen molar-refractivity contribution in [2.24, 2.45) is 0 Å². The number of nitrogens with zero attached hydrogens (tertiary/aromatic N) is 4. The highest BCUT2D eigenvalue weighted by molar-refractivity contribution is 7.99. The van der Waals surface area contributed by atoms with Gasteiger partial charge in [0.1, 0.15) is 5.82 Å². The lowest BCUT2D eigenvalue weighted by Crippen LogP contribution is -2.18. The minimum Gasteiger partial charge on any atom is -0.390 e. The van der Waals surface area contributed by atoms with Gasteiger partial charge in [-0.3, -0.25) is 0 Å². The Morgan fingerprint density at radius 3 is 2.67 bits per heavy atom. The van der Waals surface area contributed by atoms with E-state index in [1.807, 2.05) is 11.5 Å². The van der Waals surface area contributed by atoms with E-state index in [0.717, 1.165) is 16.7 Å². The van der Waals surface area contributed by atoms with Gasteiger partial charge in [0.25, 0.3) is 0 Å². The van der Waals surface area contributed by atoms with Crippen LogP contribution in [-0.2, 0) is 6.54 Å². The molecule has 2 heterocycles. The van der Waals surface area contributed by atoms with Crippen molar-refractivity contribution >= 4 is 28.6 Å². The molecule has 6 nitrogen and oxygen atoms in total. The molecule has 1 aromatic carbocycles. The fraction of sp³-hybridized carbons (Fsp3) is 0.353. The number of nitrogen functional groups attached to an aromatic ring is 1. The minimum atomic E-state index is -0.528. The largest absolute Gasteiger partial charge is 0.390 e. The maximum atomic E-state index is 10.3. The third-order valence-electron chi connectivity index (χ3n) is 3.90. The first-order chi connectivity index (χ1) is 11.4. The first kappa shape index (κ1) is 16.7. The maximum absolute atomic E-state index is 10.3. The van der Waals surface area contributed by atoms with Gasteiger partial charge in [0.05, 0.1) is 30.0 Å². The van der Waals surface area contributed by atoms with Gasteiger partial charge in [0.2, 0.25) is 0 Å². The number of anilines is 1. The summed E-state index contributed by atoms with van der Waals surface area (Å²) in [6.45, 7) is 6.51. The molecule has 126 valence electrons. The third kappa shape index (κ3) is 3.68. The van der Waals surface area contributed by atoms with Gasteiger partial charge in [-0.25, -0.2) is 15.0 Å². The normalized spacial score (nSPS) is 12.7. The van der Waals surface area contributed by atoms with Crippen molar-refractivity contribution in [2.45, 2.75) is 38.6 Å². The molecule has 3 rings (SSSR count). The SMILES string of the molecule is Cc1cc(N)nc(SC[C@H](O)Cn2cnc3cc(C)c(C)cc32)n1. The van der Waals surface area contributed by atoms with Crippen molar-refractivity contribution in [1.82, 2.24) is 19.5 Å². The molecule has 24 heavy (non-hydrogen) atoms. The van der Waals surface area contributed by atoms with Gasteiger partial charge in [0.15, 0.2) is 5.16 Å². The van der Waals surface area contributed by atoms with E-state index >= 15 is 0 Å². The van der Waals surface area contributed by atoms with Crippen molar-refractivity contribution in [3.63, 3.8) is 0 Å². The first-order valence-electron chi connectivity index (χ1n) is 7.76. The summed E-state index contributed by atoms with van der Waals surface area (Å²) in [5.41, 5.74) is 11.0. The van der Waals surface area contributed by atoms with Crippen molar-refractivity contribution in [1.29, 1.82) is 0 Å². The standard InChI is InChI=1S/C17H21N5OS/c1-10-4-14-15(5-11(10)2)22(9-19-14)7-13(23)8-24-17-20-12(3)6-16(18)21-17/h4-6,9,13,23H,7-8H2,1-3H3,(H2,18,20,21)/t13-/m1/s1. The third-order valence-corrected chi connectivity index (χ3v) is 4.89. The molecule has 0 aliphatic rings. The number of hydrogen-bond acceptors (Lipinski definition) is 6. The molecular weight excluding hydrogens is 322 g/mol. The molecule has 2 aromatic heterocycles. The molecule has 0 spiro atoms. The number of imidazole rings is 1. The van der Waals surface area contributed by atoms with Crippen LogP contribution in [0.2, 0.25) is 0 Å². The highest BCUT2D eigenvalue weighted by Crippen LogP contribution is 2.20. The number of aliphatic hydroxyl groups is 1. The number of hydrogen-bond donors (Lipinski definition) is 2. The van der Waals surface area contributed by atoms with E-state index in [0.29, 0.717) is 23.3 Å². The number of rotatable bonds is 5. The zero-order valence-electron chi connectivity index (χ0n) is 14.0. The average Bonchev–Trinajstić information content (AvgIpc) is 2.87. The van der Waals surface area contributed by atoms with Crippen LogP contribution in [0.15, 0.2) is 29.7 Å². The Morgan fingerprint density at radius 2 is 1.92 bits per heavy atom. The molecule has 3 aromatic rings. The van der Waals surface area contributed by atoms with E-state index < -0.39 is 6.10 Å². The second-order valence-corrected chi connectivity index (χ2v) is 6.99. The molecule has 0 bridgehead atoms. The lowest BCUT2D eigenvalue weighted by Gasteiger charge is -2.12. The lowest BCUT2D eigenvalue weighted by molar-refractivity contribution is 0.179. The molecular formula is C17H21N5OS. The van der Waals surface area contributed by atoms with Crippen LogP contribution >= 0.6 is 11.8 Å². The van der Waals surface area contributed by atoms with E-state index in [-0.39, 0.29) is 0 Å². The number of fused-ring (bicyclic) bond motifs is 1. The smallest absolute Gasteiger partial charge is 0.189 e. The number of benzene rings is 1. The second kappa shape index (κ2) is 6.78. The number of aliphatic hydroxyl groups excluding tert-OH is 1. The molecule has 0 aliphatic carbocycles. The Balaban J connectivity index is 1.68. The van der Waals surface area contributed by atoms with Gasteiger partial charge in [-0.1, -0.05) is 11.8 Å². The zero-order valence-corrected chi connectivity index (χ0v) is 14.8. The van der Waals surface area contributed by atoms with Crippen LogP contribution < -0.4 is 5.73 Å². The van der Waals surface area contributed by atoms with Gasteiger partial charge >= 0.3 is 0 Å². The van der Waals surface area contributed by atoms with E-state index in [9.17, 15) is 5.11 Å². The molecule has 3 N–H and O–H groups in total. The highest BCUT2D eigenvalue weighted by atomic mass is 32.2. The van der Waals surface area contributed by atoms with E-state index in [2.05, 4.69) is 40.9 Å². The summed E-state index contributed by atoms with van der Waals surface area (Å²) in [6.07, 6.45) is 1.25. The van der Waals surface area contributed by atoms with Gasteiger partial charge in [-0.2, -0.15) is 0 Å². The summed E-state index contributed by atoms with van der Waals surface area (Å²) in [4.78, 5) is 12.9. The van der Waals surface area contributed by atoms with Crippen molar-refractivity contribution in [3.05, 3.63) is 41.3 Å². The van der Waals surface area contributed by atoms with Gasteiger partial charge in [-0.05, 0) is 44.0 Å². The number of aryl methyl sites for hydroxylation is 3. The Kier molecular flexibility index (Phi) is 4.73. The van der Waals surface area contributed by atoms with Crippen LogP contribution in [0.5, 0.6) is 0 Å². The molecule has 0 aliphatic heterocycles. The summed E-state index contributed by atoms with van der Waals surface area (Å²) >= 11 is 1.40. The molecule has 0 radical (unpaired) electrons. The van der Waals surface area contributed by atoms with E-state index in [1.165, 1.54) is 22.9 Å². The van der Waals surface area contributed by atoms with Crippen LogP contribution in [0, 0.1) is 20.8 Å². The summed E-state index contributed by atoms with van der Waals surface area (Å²) in [7, 11) is 0. The van der Waals surface area contributed by atoms with Gasteiger partial charge in [0, 0.05) is 17.5 Å². The van der Waals surface area contributed by atoms with E-state index in [4.69, 9.17) is 5.73 Å². The highest BCUT2D eigenvalue weighted by Gasteiger charge is 2.11. The van der Waals surface area contributed by atoms with Crippen LogP contribution in [0.1, 0.15) is 16.8 Å². The molecule has 0 amide bonds. The second-order valence-electron chi connectivity index (χ2n) is 6.00. The van der Waals surface area contributed by atoms with Crippen molar-refractivity contribution < 1.29 is 5.11 Å². The van der Waals surface area contributed by atoms with Gasteiger partial charge in [-0.15, -0.1) is 0 Å². The van der Waals surface area contributed by atoms with Crippen LogP contribution in [-0.4, -0.2) is 36.5 Å². The molecule has 7 heteroatoms. The quantitative estimate of drug-likeness (QED) is 0.546. The van der Waals surface area contributed by atoms with Crippen LogP contribution in [0.25, 0.3) is 11.0 Å². The predicted molar refractivity (Wildman–Crippen MR) is 97.1 cm³/mol. The topological polar surface area (TPSA) is 89.8 Å². The van der Waals surface area contributed by atoms with Crippen molar-refractivity contribution in [2.75, 3.05) is 11.5 Å². The fourth-order valence-corrected chi connectivity index (χ4v) is 3.36. The van der Waals surface area contributed by atoms with Crippen molar-refractivity contribution in [3.8, 4) is 0 Å². The minimum absolute atomic E-state index is 0.450. The van der Waals surface area contributed by atoms with Crippen LogP contribution in [0.3, 0.4) is 0 Å². The predicted octanol–water partition coefficient (Wildman–Crippen LogP) is 2.49. The number of aromatic nitrogens is 4. The Bertz CT molecular complexity index is 857. The molecule has 0 unspecified atom stereocenters. The molecule has 0 saturated carbocycles. The van der Waals surface area contributed by atoms with Gasteiger partial charge < -0.3 is 15.4 Å².